The number of hydroxylamine groups is 1. The van der Waals surface area contributed by atoms with Gasteiger partial charge in [-0.1, -0.05) is 26.7 Å². The first-order chi connectivity index (χ1) is 6.61. The fourth-order valence-electron chi connectivity index (χ4n) is 1.97. The fourth-order valence-corrected chi connectivity index (χ4v) is 1.97. The van der Waals surface area contributed by atoms with Gasteiger partial charge in [0.25, 0.3) is 0 Å². The molecule has 14 heavy (non-hydrogen) atoms. The third-order valence-electron chi connectivity index (χ3n) is 3.16. The molecule has 4 nitrogen and oxygen atoms in total. The molecule has 4 heteroatoms. The first-order valence-corrected chi connectivity index (χ1v) is 5.27. The number of nitrogens with one attached hydrogen (secondary N) is 1. The van der Waals surface area contributed by atoms with E-state index in [1.54, 1.807) is 0 Å². The molecular formula is C10H20N2O2. The quantitative estimate of drug-likeness (QED) is 0.660. The Kier molecular flexibility index (Phi) is 4.35. The Hall–Kier alpha value is -0.610. The number of primary amides is 1. The highest BCUT2D eigenvalue weighted by Gasteiger charge is 2.26. The summed E-state index contributed by atoms with van der Waals surface area (Å²) in [5.41, 5.74) is 7.90. The van der Waals surface area contributed by atoms with Crippen molar-refractivity contribution in [2.24, 2.45) is 17.6 Å². The third-order valence-corrected chi connectivity index (χ3v) is 3.16. The van der Waals surface area contributed by atoms with Crippen molar-refractivity contribution >= 4 is 5.91 Å². The van der Waals surface area contributed by atoms with Crippen LogP contribution < -0.4 is 11.2 Å². The van der Waals surface area contributed by atoms with Crippen molar-refractivity contribution in [2.45, 2.75) is 39.2 Å². The molecule has 0 bridgehead atoms. The highest BCUT2D eigenvalue weighted by molar-refractivity contribution is 5.74. The van der Waals surface area contributed by atoms with Crippen LogP contribution in [0.15, 0.2) is 0 Å². The Bertz CT molecular complexity index is 197. The summed E-state index contributed by atoms with van der Waals surface area (Å²) in [5.74, 6) is 0.879. The van der Waals surface area contributed by atoms with Gasteiger partial charge in [0.2, 0.25) is 5.91 Å². The summed E-state index contributed by atoms with van der Waals surface area (Å²) in [6.45, 7) is 4.43. The summed E-state index contributed by atoms with van der Waals surface area (Å²) >= 11 is 0. The standard InChI is InChI=1S/C10H20N2O2/c1-7-4-3-5-9(8(7)2)12-14-6-10(11)13/h7-9,12H,3-6H2,1-2H3,(H2,11,13). The van der Waals surface area contributed by atoms with E-state index >= 15 is 0 Å². The maximum Gasteiger partial charge on any atom is 0.245 e. The second kappa shape index (κ2) is 5.32. The second-order valence-corrected chi connectivity index (χ2v) is 4.25. The Morgan fingerprint density at radius 2 is 2.21 bits per heavy atom. The molecule has 0 aromatic rings. The number of carbonyl (C=O) groups is 1. The minimum absolute atomic E-state index is 0.0440. The smallest absolute Gasteiger partial charge is 0.245 e. The van der Waals surface area contributed by atoms with Crippen molar-refractivity contribution in [3.05, 3.63) is 0 Å². The first kappa shape index (κ1) is 11.5. The highest BCUT2D eigenvalue weighted by Crippen LogP contribution is 2.29. The monoisotopic (exact) mass is 200 g/mol. The van der Waals surface area contributed by atoms with Crippen molar-refractivity contribution in [2.75, 3.05) is 6.61 Å². The molecular weight excluding hydrogens is 180 g/mol. The summed E-state index contributed by atoms with van der Waals surface area (Å²) in [5, 5.41) is 0. The van der Waals surface area contributed by atoms with Crippen LogP contribution in [0.4, 0.5) is 0 Å². The van der Waals surface area contributed by atoms with Gasteiger partial charge in [-0.15, -0.1) is 0 Å². The molecule has 0 aromatic carbocycles. The number of nitrogens with two attached hydrogens (primary N) is 1. The van der Waals surface area contributed by atoms with Crippen molar-refractivity contribution in [1.82, 2.24) is 5.48 Å². The van der Waals surface area contributed by atoms with Crippen molar-refractivity contribution in [3.8, 4) is 0 Å². The molecule has 1 aliphatic rings. The molecule has 1 aliphatic carbocycles. The van der Waals surface area contributed by atoms with Gasteiger partial charge in [0.05, 0.1) is 0 Å². The summed E-state index contributed by atoms with van der Waals surface area (Å²) in [6, 6.07) is 0.359. The number of rotatable bonds is 4. The summed E-state index contributed by atoms with van der Waals surface area (Å²) in [7, 11) is 0. The van der Waals surface area contributed by atoms with Crippen LogP contribution in [0.2, 0.25) is 0 Å². The second-order valence-electron chi connectivity index (χ2n) is 4.25. The van der Waals surface area contributed by atoms with Crippen LogP contribution in [0.3, 0.4) is 0 Å². The molecule has 1 rings (SSSR count). The van der Waals surface area contributed by atoms with Crippen LogP contribution in [-0.4, -0.2) is 18.6 Å². The molecule has 0 aliphatic heterocycles. The molecule has 0 radical (unpaired) electrons. The highest BCUT2D eigenvalue weighted by atomic mass is 16.6. The lowest BCUT2D eigenvalue weighted by Gasteiger charge is -2.34. The van der Waals surface area contributed by atoms with Crippen molar-refractivity contribution < 1.29 is 9.63 Å². The van der Waals surface area contributed by atoms with Gasteiger partial charge < -0.3 is 5.73 Å². The maximum absolute atomic E-state index is 10.4. The summed E-state index contributed by atoms with van der Waals surface area (Å²) in [6.07, 6.45) is 3.63. The van der Waals surface area contributed by atoms with E-state index in [1.165, 1.54) is 12.8 Å². The van der Waals surface area contributed by atoms with Gasteiger partial charge in [-0.05, 0) is 18.3 Å². The lowest BCUT2D eigenvalue weighted by molar-refractivity contribution is -0.127. The van der Waals surface area contributed by atoms with Gasteiger partial charge in [-0.2, -0.15) is 5.48 Å². The molecule has 3 atom stereocenters. The van der Waals surface area contributed by atoms with E-state index < -0.39 is 5.91 Å². The Morgan fingerprint density at radius 3 is 2.86 bits per heavy atom. The molecule has 1 amide bonds. The van der Waals surface area contributed by atoms with E-state index in [-0.39, 0.29) is 6.61 Å². The predicted molar refractivity (Wildman–Crippen MR) is 54.2 cm³/mol. The molecule has 0 spiro atoms. The minimum atomic E-state index is -0.436. The lowest BCUT2D eigenvalue weighted by Crippen LogP contribution is -2.41. The van der Waals surface area contributed by atoms with E-state index in [2.05, 4.69) is 19.3 Å². The van der Waals surface area contributed by atoms with E-state index in [0.717, 1.165) is 12.3 Å². The van der Waals surface area contributed by atoms with E-state index in [1.807, 2.05) is 0 Å². The zero-order valence-electron chi connectivity index (χ0n) is 8.95. The van der Waals surface area contributed by atoms with Gasteiger partial charge in [-0.25, -0.2) is 0 Å². The molecule has 0 aromatic heterocycles. The molecule has 82 valence electrons. The molecule has 3 unspecified atom stereocenters. The average Bonchev–Trinajstić information content (AvgIpc) is 2.12. The first-order valence-electron chi connectivity index (χ1n) is 5.27. The minimum Gasteiger partial charge on any atom is -0.368 e. The number of hydrogen-bond donors (Lipinski definition) is 2. The number of carbonyl (C=O) groups excluding carboxylic acids is 1. The molecule has 1 fully saturated rings. The zero-order chi connectivity index (χ0) is 10.6. The van der Waals surface area contributed by atoms with E-state index in [9.17, 15) is 4.79 Å². The van der Waals surface area contributed by atoms with Crippen LogP contribution in [0.25, 0.3) is 0 Å². The van der Waals surface area contributed by atoms with Crippen LogP contribution >= 0.6 is 0 Å². The van der Waals surface area contributed by atoms with E-state index in [0.29, 0.717) is 12.0 Å². The van der Waals surface area contributed by atoms with Gasteiger partial charge in [0.15, 0.2) is 0 Å². The molecule has 0 heterocycles. The van der Waals surface area contributed by atoms with Crippen LogP contribution in [0.5, 0.6) is 0 Å². The maximum atomic E-state index is 10.4. The largest absolute Gasteiger partial charge is 0.368 e. The lowest BCUT2D eigenvalue weighted by atomic mass is 9.78. The fraction of sp³-hybridized carbons (Fsp3) is 0.900. The van der Waals surface area contributed by atoms with Crippen LogP contribution in [0.1, 0.15) is 33.1 Å². The summed E-state index contributed by atoms with van der Waals surface area (Å²) in [4.78, 5) is 15.5. The third kappa shape index (κ3) is 3.27. The molecule has 1 saturated carbocycles. The zero-order valence-corrected chi connectivity index (χ0v) is 8.95. The van der Waals surface area contributed by atoms with Crippen LogP contribution in [0, 0.1) is 11.8 Å². The Labute approximate surface area is 85.1 Å². The van der Waals surface area contributed by atoms with Gasteiger partial charge >= 0.3 is 0 Å². The predicted octanol–water partition coefficient (Wildman–Crippen LogP) is 0.818. The molecule has 0 saturated heterocycles. The number of amides is 1. The average molecular weight is 200 g/mol. The Balaban J connectivity index is 2.25. The molecule has 3 N–H and O–H groups in total. The van der Waals surface area contributed by atoms with Crippen LogP contribution in [-0.2, 0) is 9.63 Å². The Morgan fingerprint density at radius 1 is 1.50 bits per heavy atom. The topological polar surface area (TPSA) is 64.3 Å². The van der Waals surface area contributed by atoms with Crippen molar-refractivity contribution in [1.29, 1.82) is 0 Å². The SMILES string of the molecule is CC1CCCC(NOCC(N)=O)C1C. The number of hydrogen-bond acceptors (Lipinski definition) is 3. The van der Waals surface area contributed by atoms with E-state index in [4.69, 9.17) is 10.6 Å². The summed E-state index contributed by atoms with van der Waals surface area (Å²) < 4.78 is 0. The normalized spacial score (nSPS) is 32.9. The van der Waals surface area contributed by atoms with Gasteiger partial charge in [-0.3, -0.25) is 9.63 Å². The van der Waals surface area contributed by atoms with Gasteiger partial charge in [0, 0.05) is 6.04 Å². The van der Waals surface area contributed by atoms with Gasteiger partial charge in [0.1, 0.15) is 6.61 Å². The van der Waals surface area contributed by atoms with Crippen molar-refractivity contribution in [3.63, 3.8) is 0 Å².